The standard InChI is InChI=1S/C70H54B2N2O2/c1-37(2)53-35-61(73(65-41(7)23-27-43-25-21-39(5)33-55(43)65)59-19-11-15-49-47-13-9-17-57(71)67(47)75-69(49)59)51-32-30-46-54(38(3)4)36-62(52-31-29-45(53)63(51)64(46)52)74(66-42(8)24-28-44-26-22-40(6)34-56(44)66)60-20-12-16-50-48-14-10-18-58(72)68(48)76-70(50)60/h9-38H,1-8H3. The van der Waals surface area contributed by atoms with Gasteiger partial charge in [-0.1, -0.05) is 183 Å². The Morgan fingerprint density at radius 2 is 0.711 bits per heavy atom. The predicted octanol–water partition coefficient (Wildman–Crippen LogP) is 18.7. The van der Waals surface area contributed by atoms with Gasteiger partial charge in [-0.3, -0.25) is 0 Å². The molecule has 14 aromatic rings. The molecule has 2 heterocycles. The van der Waals surface area contributed by atoms with Crippen molar-refractivity contribution in [1.82, 2.24) is 0 Å². The fourth-order valence-electron chi connectivity index (χ4n) is 12.7. The van der Waals surface area contributed by atoms with E-state index in [0.717, 1.165) is 88.7 Å². The van der Waals surface area contributed by atoms with Crippen LogP contribution in [0.15, 0.2) is 179 Å². The highest BCUT2D eigenvalue weighted by Crippen LogP contribution is 2.55. The van der Waals surface area contributed by atoms with Crippen molar-refractivity contribution >= 4 is 158 Å². The summed E-state index contributed by atoms with van der Waals surface area (Å²) in [6.45, 7) is 18.2. The van der Waals surface area contributed by atoms with E-state index in [2.05, 4.69) is 211 Å². The van der Waals surface area contributed by atoms with Crippen LogP contribution in [0.5, 0.6) is 0 Å². The van der Waals surface area contributed by atoms with E-state index in [4.69, 9.17) is 24.5 Å². The summed E-state index contributed by atoms with van der Waals surface area (Å²) in [6, 6.07) is 62.3. The molecule has 0 amide bonds. The second-order valence-corrected chi connectivity index (χ2v) is 21.9. The van der Waals surface area contributed by atoms with Crippen LogP contribution in [0.4, 0.5) is 34.1 Å². The Hall–Kier alpha value is -8.47. The van der Waals surface area contributed by atoms with Crippen LogP contribution >= 0.6 is 0 Å². The van der Waals surface area contributed by atoms with E-state index in [1.54, 1.807) is 0 Å². The molecule has 0 N–H and O–H groups in total. The number of hydrogen-bond acceptors (Lipinski definition) is 4. The van der Waals surface area contributed by atoms with Crippen LogP contribution in [-0.2, 0) is 0 Å². The molecule has 0 saturated heterocycles. The maximum absolute atomic E-state index is 7.00. The molecule has 0 unspecified atom stereocenters. The Balaban J connectivity index is 1.16. The molecule has 0 spiro atoms. The van der Waals surface area contributed by atoms with Crippen molar-refractivity contribution in [2.45, 2.75) is 67.2 Å². The summed E-state index contributed by atoms with van der Waals surface area (Å²) < 4.78 is 14.0. The molecule has 0 fully saturated rings. The molecule has 4 radical (unpaired) electrons. The summed E-state index contributed by atoms with van der Waals surface area (Å²) in [5.74, 6) is 0.367. The lowest BCUT2D eigenvalue weighted by molar-refractivity contribution is 0.671. The minimum Gasteiger partial charge on any atom is -0.454 e. The van der Waals surface area contributed by atoms with Crippen molar-refractivity contribution in [2.24, 2.45) is 0 Å². The zero-order chi connectivity index (χ0) is 52.0. The van der Waals surface area contributed by atoms with E-state index < -0.39 is 0 Å². The Labute approximate surface area is 445 Å². The minimum atomic E-state index is 0.183. The lowest BCUT2D eigenvalue weighted by Crippen LogP contribution is -2.15. The normalized spacial score (nSPS) is 12.3. The van der Waals surface area contributed by atoms with Crippen LogP contribution in [0.1, 0.15) is 72.9 Å². The summed E-state index contributed by atoms with van der Waals surface area (Å²) in [6.07, 6.45) is 0. The van der Waals surface area contributed by atoms with Gasteiger partial charge in [0.05, 0.1) is 34.1 Å². The largest absolute Gasteiger partial charge is 0.454 e. The third kappa shape index (κ3) is 6.72. The first-order valence-electron chi connectivity index (χ1n) is 26.6. The number of anilines is 6. The molecule has 2 aromatic heterocycles. The molecule has 14 rings (SSSR count). The second kappa shape index (κ2) is 17.0. The van der Waals surface area contributed by atoms with Crippen LogP contribution in [-0.4, -0.2) is 15.7 Å². The van der Waals surface area contributed by atoms with Gasteiger partial charge in [0.2, 0.25) is 0 Å². The SMILES string of the molecule is [B]c1cccc2c1oc1c(N(c3c(C)ccc4ccc(C)cc34)c3cc(C(C)C)c4ccc5c(N(c6c(C)ccc7ccc(C)cc67)c6cccc7c6oc6c([B])cccc67)cc(C(C)C)c6ccc3c4c65)cccc12. The first-order valence-corrected chi connectivity index (χ1v) is 26.6. The van der Waals surface area contributed by atoms with Crippen LogP contribution in [0.25, 0.3) is 97.7 Å². The lowest BCUT2D eigenvalue weighted by Gasteiger charge is -2.33. The monoisotopic (exact) mass is 976 g/mol. The van der Waals surface area contributed by atoms with E-state index in [1.165, 1.54) is 65.3 Å². The highest BCUT2D eigenvalue weighted by molar-refractivity contribution is 6.40. The maximum atomic E-state index is 7.00. The van der Waals surface area contributed by atoms with Crippen LogP contribution in [0.3, 0.4) is 0 Å². The third-order valence-corrected chi connectivity index (χ3v) is 16.3. The average molecular weight is 977 g/mol. The Morgan fingerprint density at radius 1 is 0.342 bits per heavy atom. The van der Waals surface area contributed by atoms with Gasteiger partial charge in [-0.05, 0) is 131 Å². The third-order valence-electron chi connectivity index (χ3n) is 16.3. The number of benzene rings is 12. The molecule has 76 heavy (non-hydrogen) atoms. The second-order valence-electron chi connectivity index (χ2n) is 21.9. The van der Waals surface area contributed by atoms with Gasteiger partial charge in [-0.15, -0.1) is 0 Å². The zero-order valence-electron chi connectivity index (χ0n) is 44.2. The molecule has 12 aromatic carbocycles. The topological polar surface area (TPSA) is 32.8 Å². The Morgan fingerprint density at radius 3 is 1.12 bits per heavy atom. The molecule has 0 aliphatic rings. The van der Waals surface area contributed by atoms with Gasteiger partial charge in [0.1, 0.15) is 26.9 Å². The van der Waals surface area contributed by atoms with Crippen LogP contribution in [0, 0.1) is 27.7 Å². The quantitative estimate of drug-likeness (QED) is 0.112. The van der Waals surface area contributed by atoms with Crippen molar-refractivity contribution in [3.8, 4) is 0 Å². The van der Waals surface area contributed by atoms with Crippen molar-refractivity contribution in [3.63, 3.8) is 0 Å². The van der Waals surface area contributed by atoms with E-state index in [9.17, 15) is 0 Å². The summed E-state index contributed by atoms with van der Waals surface area (Å²) in [7, 11) is 13.4. The van der Waals surface area contributed by atoms with Gasteiger partial charge >= 0.3 is 0 Å². The summed E-state index contributed by atoms with van der Waals surface area (Å²) >= 11 is 0. The predicted molar refractivity (Wildman–Crippen MR) is 327 cm³/mol. The molecule has 0 aliphatic heterocycles. The van der Waals surface area contributed by atoms with Crippen molar-refractivity contribution < 1.29 is 8.83 Å². The number of para-hydroxylation sites is 4. The molecular formula is C70H54B2N2O2. The number of rotatable bonds is 8. The first-order chi connectivity index (χ1) is 36.8. The number of aryl methyl sites for hydroxylation is 4. The van der Waals surface area contributed by atoms with Crippen molar-refractivity contribution in [1.29, 1.82) is 0 Å². The molecule has 0 atom stereocenters. The summed E-state index contributed by atoms with van der Waals surface area (Å²) in [5, 5.41) is 16.0. The molecule has 0 bridgehead atoms. The number of nitrogens with zero attached hydrogens (tertiary/aromatic N) is 2. The number of fused-ring (bicyclic) bond motifs is 8. The van der Waals surface area contributed by atoms with Gasteiger partial charge < -0.3 is 18.6 Å². The number of furan rings is 2. The molecule has 4 nitrogen and oxygen atoms in total. The maximum Gasteiger partial charge on any atom is 0.159 e. The van der Waals surface area contributed by atoms with E-state index >= 15 is 0 Å². The number of hydrogen-bond donors (Lipinski definition) is 0. The van der Waals surface area contributed by atoms with Gasteiger partial charge in [-0.25, -0.2) is 0 Å². The minimum absolute atomic E-state index is 0.183. The zero-order valence-corrected chi connectivity index (χ0v) is 44.2. The van der Waals surface area contributed by atoms with E-state index in [1.807, 2.05) is 24.3 Å². The molecule has 6 heteroatoms. The fraction of sp³-hybridized carbons (Fsp3) is 0.143. The smallest absolute Gasteiger partial charge is 0.159 e. The van der Waals surface area contributed by atoms with Crippen LogP contribution in [0.2, 0.25) is 0 Å². The Kier molecular flexibility index (Phi) is 10.3. The van der Waals surface area contributed by atoms with Gasteiger partial charge in [0.15, 0.2) is 11.2 Å². The van der Waals surface area contributed by atoms with Gasteiger partial charge in [-0.2, -0.15) is 0 Å². The van der Waals surface area contributed by atoms with Crippen molar-refractivity contribution in [3.05, 3.63) is 203 Å². The molecular weight excluding hydrogens is 922 g/mol. The van der Waals surface area contributed by atoms with Gasteiger partial charge in [0.25, 0.3) is 0 Å². The molecule has 0 aliphatic carbocycles. The van der Waals surface area contributed by atoms with Crippen LogP contribution < -0.4 is 20.7 Å². The van der Waals surface area contributed by atoms with E-state index in [-0.39, 0.29) is 11.8 Å². The van der Waals surface area contributed by atoms with Gasteiger partial charge in [0, 0.05) is 43.1 Å². The summed E-state index contributed by atoms with van der Waals surface area (Å²) in [5.41, 5.74) is 17.8. The summed E-state index contributed by atoms with van der Waals surface area (Å²) in [4.78, 5) is 5.00. The highest BCUT2D eigenvalue weighted by atomic mass is 16.3. The van der Waals surface area contributed by atoms with E-state index in [0.29, 0.717) is 22.1 Å². The first kappa shape index (κ1) is 46.1. The molecule has 0 saturated carbocycles. The average Bonchev–Trinajstić information content (AvgIpc) is 4.01. The van der Waals surface area contributed by atoms with Crippen molar-refractivity contribution in [2.75, 3.05) is 9.80 Å². The lowest BCUT2D eigenvalue weighted by atomic mass is 9.83. The fourth-order valence-corrected chi connectivity index (χ4v) is 12.7. The highest BCUT2D eigenvalue weighted by Gasteiger charge is 2.31. The Bertz CT molecular complexity index is 4440. The molecule has 362 valence electrons.